The summed E-state index contributed by atoms with van der Waals surface area (Å²) in [5.74, 6) is 0.949. The van der Waals surface area contributed by atoms with Gasteiger partial charge in [0.05, 0.1) is 6.61 Å². The highest BCUT2D eigenvalue weighted by Gasteiger charge is 2.17. The van der Waals surface area contributed by atoms with Crippen LogP contribution in [0.5, 0.6) is 5.75 Å². The number of nitrogens with two attached hydrogens (primary N) is 1. The standard InChI is InChI=1S/C14H20N2O2/c1-10(8-15)14(17)16(2)9-11-3-4-13-12(7-11)5-6-18-13/h3-4,7,10H,5-6,8-9,15H2,1-2H3. The van der Waals surface area contributed by atoms with Crippen LogP contribution >= 0.6 is 0 Å². The zero-order valence-corrected chi connectivity index (χ0v) is 11.0. The largest absolute Gasteiger partial charge is 0.493 e. The van der Waals surface area contributed by atoms with Crippen LogP contribution in [-0.2, 0) is 17.8 Å². The molecule has 0 saturated carbocycles. The van der Waals surface area contributed by atoms with Gasteiger partial charge in [0.2, 0.25) is 5.91 Å². The van der Waals surface area contributed by atoms with Crippen molar-refractivity contribution in [2.75, 3.05) is 20.2 Å². The van der Waals surface area contributed by atoms with Crippen molar-refractivity contribution in [2.45, 2.75) is 19.9 Å². The molecule has 1 amide bonds. The van der Waals surface area contributed by atoms with Crippen molar-refractivity contribution in [1.82, 2.24) is 4.90 Å². The summed E-state index contributed by atoms with van der Waals surface area (Å²) in [6.45, 7) is 3.63. The predicted molar refractivity (Wildman–Crippen MR) is 70.3 cm³/mol. The summed E-state index contributed by atoms with van der Waals surface area (Å²) in [6.07, 6.45) is 0.958. The van der Waals surface area contributed by atoms with Gasteiger partial charge in [-0.15, -0.1) is 0 Å². The molecule has 1 aliphatic heterocycles. The fourth-order valence-electron chi connectivity index (χ4n) is 2.17. The molecule has 1 aliphatic rings. The fourth-order valence-corrected chi connectivity index (χ4v) is 2.17. The van der Waals surface area contributed by atoms with Gasteiger partial charge in [0, 0.05) is 32.5 Å². The van der Waals surface area contributed by atoms with Gasteiger partial charge in [-0.3, -0.25) is 4.79 Å². The Morgan fingerprint density at radius 2 is 2.33 bits per heavy atom. The van der Waals surface area contributed by atoms with E-state index < -0.39 is 0 Å². The minimum Gasteiger partial charge on any atom is -0.493 e. The van der Waals surface area contributed by atoms with Crippen LogP contribution in [0.4, 0.5) is 0 Å². The number of carbonyl (C=O) groups excluding carboxylic acids is 1. The molecule has 1 atom stereocenters. The summed E-state index contributed by atoms with van der Waals surface area (Å²) in [6, 6.07) is 6.13. The van der Waals surface area contributed by atoms with Crippen LogP contribution in [0.15, 0.2) is 18.2 Å². The molecule has 4 heteroatoms. The molecule has 0 aliphatic carbocycles. The Morgan fingerprint density at radius 1 is 1.56 bits per heavy atom. The summed E-state index contributed by atoms with van der Waals surface area (Å²) >= 11 is 0. The van der Waals surface area contributed by atoms with Crippen molar-refractivity contribution >= 4 is 5.91 Å². The molecule has 2 N–H and O–H groups in total. The predicted octanol–water partition coefficient (Wildman–Crippen LogP) is 1.17. The maximum Gasteiger partial charge on any atom is 0.226 e. The lowest BCUT2D eigenvalue weighted by Crippen LogP contribution is -2.34. The van der Waals surface area contributed by atoms with Gasteiger partial charge in [-0.1, -0.05) is 19.1 Å². The second-order valence-corrected chi connectivity index (χ2v) is 4.87. The molecular weight excluding hydrogens is 228 g/mol. The molecule has 1 aromatic carbocycles. The van der Waals surface area contributed by atoms with Crippen LogP contribution in [0, 0.1) is 5.92 Å². The smallest absolute Gasteiger partial charge is 0.226 e. The van der Waals surface area contributed by atoms with Gasteiger partial charge >= 0.3 is 0 Å². The van der Waals surface area contributed by atoms with Crippen molar-refractivity contribution in [2.24, 2.45) is 11.7 Å². The Morgan fingerprint density at radius 3 is 3.06 bits per heavy atom. The molecule has 1 aromatic rings. The third kappa shape index (κ3) is 2.64. The minimum absolute atomic E-state index is 0.0919. The second-order valence-electron chi connectivity index (χ2n) is 4.87. The number of carbonyl (C=O) groups is 1. The Kier molecular flexibility index (Phi) is 3.87. The molecule has 0 spiro atoms. The van der Waals surface area contributed by atoms with Gasteiger partial charge in [-0.25, -0.2) is 0 Å². The van der Waals surface area contributed by atoms with Crippen LogP contribution in [0.2, 0.25) is 0 Å². The Labute approximate surface area is 108 Å². The summed E-state index contributed by atoms with van der Waals surface area (Å²) in [5, 5.41) is 0. The van der Waals surface area contributed by atoms with E-state index in [-0.39, 0.29) is 11.8 Å². The minimum atomic E-state index is -0.118. The Hall–Kier alpha value is -1.55. The van der Waals surface area contributed by atoms with E-state index in [0.29, 0.717) is 13.1 Å². The number of hydrogen-bond donors (Lipinski definition) is 1. The lowest BCUT2D eigenvalue weighted by Gasteiger charge is -2.20. The summed E-state index contributed by atoms with van der Waals surface area (Å²) in [7, 11) is 1.82. The first-order valence-electron chi connectivity index (χ1n) is 6.31. The van der Waals surface area contributed by atoms with Crippen molar-refractivity contribution in [3.63, 3.8) is 0 Å². The Balaban J connectivity index is 2.03. The van der Waals surface area contributed by atoms with Crippen molar-refractivity contribution in [3.8, 4) is 5.75 Å². The molecule has 98 valence electrons. The average Bonchev–Trinajstić information content (AvgIpc) is 2.84. The van der Waals surface area contributed by atoms with Crippen molar-refractivity contribution < 1.29 is 9.53 Å². The highest BCUT2D eigenvalue weighted by atomic mass is 16.5. The van der Waals surface area contributed by atoms with E-state index in [2.05, 4.69) is 6.07 Å². The maximum atomic E-state index is 11.9. The lowest BCUT2D eigenvalue weighted by molar-refractivity contribution is -0.133. The Bertz CT molecular complexity index is 445. The topological polar surface area (TPSA) is 55.6 Å². The first kappa shape index (κ1) is 12.9. The number of ether oxygens (including phenoxy) is 1. The molecule has 0 fully saturated rings. The van der Waals surface area contributed by atoms with Crippen molar-refractivity contribution in [3.05, 3.63) is 29.3 Å². The molecule has 4 nitrogen and oxygen atoms in total. The normalized spacial score (nSPS) is 14.8. The van der Waals surface area contributed by atoms with Crippen molar-refractivity contribution in [1.29, 1.82) is 0 Å². The molecule has 0 saturated heterocycles. The van der Waals surface area contributed by atoms with Crippen LogP contribution in [-0.4, -0.2) is 31.0 Å². The number of amides is 1. The fraction of sp³-hybridized carbons (Fsp3) is 0.500. The van der Waals surface area contributed by atoms with Gasteiger partial charge < -0.3 is 15.4 Å². The van der Waals surface area contributed by atoms with E-state index >= 15 is 0 Å². The third-order valence-corrected chi connectivity index (χ3v) is 3.32. The summed E-state index contributed by atoms with van der Waals surface area (Å²) in [5.41, 5.74) is 7.89. The number of fused-ring (bicyclic) bond motifs is 1. The van der Waals surface area contributed by atoms with Gasteiger partial charge in [0.25, 0.3) is 0 Å². The van der Waals surface area contributed by atoms with E-state index in [9.17, 15) is 4.79 Å². The van der Waals surface area contributed by atoms with Gasteiger partial charge in [-0.2, -0.15) is 0 Å². The number of rotatable bonds is 4. The molecule has 1 heterocycles. The highest BCUT2D eigenvalue weighted by molar-refractivity contribution is 5.78. The van der Waals surface area contributed by atoms with Crippen LogP contribution in [0.1, 0.15) is 18.1 Å². The van der Waals surface area contributed by atoms with Gasteiger partial charge in [0.1, 0.15) is 5.75 Å². The molecule has 1 unspecified atom stereocenters. The van der Waals surface area contributed by atoms with E-state index in [1.165, 1.54) is 5.56 Å². The number of benzene rings is 1. The van der Waals surface area contributed by atoms with E-state index in [0.717, 1.165) is 24.3 Å². The zero-order chi connectivity index (χ0) is 13.1. The van der Waals surface area contributed by atoms with Gasteiger partial charge in [-0.05, 0) is 17.2 Å². The molecule has 18 heavy (non-hydrogen) atoms. The van der Waals surface area contributed by atoms with Crippen LogP contribution in [0.25, 0.3) is 0 Å². The third-order valence-electron chi connectivity index (χ3n) is 3.32. The first-order valence-corrected chi connectivity index (χ1v) is 6.31. The average molecular weight is 248 g/mol. The second kappa shape index (κ2) is 5.40. The highest BCUT2D eigenvalue weighted by Crippen LogP contribution is 2.26. The van der Waals surface area contributed by atoms with E-state index in [4.69, 9.17) is 10.5 Å². The quantitative estimate of drug-likeness (QED) is 0.870. The SMILES string of the molecule is CC(CN)C(=O)N(C)Cc1ccc2c(c1)CCO2. The van der Waals surface area contributed by atoms with E-state index in [1.54, 1.807) is 4.90 Å². The molecule has 0 radical (unpaired) electrons. The van der Waals surface area contributed by atoms with E-state index in [1.807, 2.05) is 26.1 Å². The maximum absolute atomic E-state index is 11.9. The number of nitrogens with zero attached hydrogens (tertiary/aromatic N) is 1. The lowest BCUT2D eigenvalue weighted by atomic mass is 10.1. The summed E-state index contributed by atoms with van der Waals surface area (Å²) in [4.78, 5) is 13.7. The summed E-state index contributed by atoms with van der Waals surface area (Å²) < 4.78 is 5.46. The number of hydrogen-bond acceptors (Lipinski definition) is 3. The zero-order valence-electron chi connectivity index (χ0n) is 11.0. The van der Waals surface area contributed by atoms with Gasteiger partial charge in [0.15, 0.2) is 0 Å². The first-order chi connectivity index (χ1) is 8.61. The molecule has 2 rings (SSSR count). The van der Waals surface area contributed by atoms with Crippen LogP contribution < -0.4 is 10.5 Å². The monoisotopic (exact) mass is 248 g/mol. The molecular formula is C14H20N2O2. The van der Waals surface area contributed by atoms with Crippen LogP contribution in [0.3, 0.4) is 0 Å². The molecule has 0 aromatic heterocycles. The molecule has 0 bridgehead atoms.